The van der Waals surface area contributed by atoms with Crippen molar-refractivity contribution in [2.75, 3.05) is 11.9 Å². The monoisotopic (exact) mass is 430 g/mol. The number of aromatic nitrogens is 1. The molecule has 166 valence electrons. The lowest BCUT2D eigenvalue weighted by Crippen LogP contribution is -2.26. The number of Topliss-reactive ketones (excluding diaryl/α,β-unsaturated/α-hetero) is 1. The van der Waals surface area contributed by atoms with E-state index in [-0.39, 0.29) is 17.4 Å². The minimum absolute atomic E-state index is 0.0286. The van der Waals surface area contributed by atoms with Crippen molar-refractivity contribution >= 4 is 28.3 Å². The maximum atomic E-state index is 13.3. The number of rotatable bonds is 5. The second kappa shape index (κ2) is 9.11. The molecule has 1 aliphatic carbocycles. The lowest BCUT2D eigenvalue weighted by molar-refractivity contribution is -0.120. The third-order valence-electron chi connectivity index (χ3n) is 6.73. The van der Waals surface area contributed by atoms with E-state index in [1.54, 1.807) is 28.6 Å². The van der Waals surface area contributed by atoms with Crippen molar-refractivity contribution < 1.29 is 9.59 Å². The van der Waals surface area contributed by atoms with Crippen LogP contribution in [0.25, 0.3) is 10.9 Å². The topological polar surface area (TPSA) is 59.4 Å². The van der Waals surface area contributed by atoms with Gasteiger partial charge in [-0.15, -0.1) is 0 Å². The number of benzene rings is 2. The Labute approximate surface area is 188 Å². The molecule has 1 heterocycles. The third kappa shape index (κ3) is 4.12. The average molecular weight is 431 g/mol. The van der Waals surface area contributed by atoms with Crippen molar-refractivity contribution in [1.82, 2.24) is 4.57 Å². The smallest absolute Gasteiger partial charge is 0.258 e. The predicted octanol–water partition coefficient (Wildman–Crippen LogP) is 5.09. The molecule has 0 aliphatic heterocycles. The Morgan fingerprint density at radius 3 is 2.31 bits per heavy atom. The van der Waals surface area contributed by atoms with E-state index in [9.17, 15) is 14.4 Å². The lowest BCUT2D eigenvalue weighted by atomic mass is 9.82. The van der Waals surface area contributed by atoms with Crippen molar-refractivity contribution in [3.8, 4) is 0 Å². The number of hydrogen-bond donors (Lipinski definition) is 0. The van der Waals surface area contributed by atoms with E-state index < -0.39 is 0 Å². The highest BCUT2D eigenvalue weighted by molar-refractivity contribution is 6.07. The fourth-order valence-electron chi connectivity index (χ4n) is 4.72. The van der Waals surface area contributed by atoms with Crippen LogP contribution in [0, 0.1) is 0 Å². The molecule has 1 amide bonds. The van der Waals surface area contributed by atoms with Crippen LogP contribution >= 0.6 is 0 Å². The summed E-state index contributed by atoms with van der Waals surface area (Å²) in [7, 11) is 1.79. The van der Waals surface area contributed by atoms with E-state index in [1.807, 2.05) is 43.3 Å². The molecular weight excluding hydrogens is 400 g/mol. The molecule has 0 unspecified atom stereocenters. The highest BCUT2D eigenvalue weighted by atomic mass is 16.2. The standard InChI is InChI=1S/C27H30N2O3/c1-4-18-6-11-21(12-7-18)28(3)27(32)20-10-15-25-24(16-20)23(17-26(31)29(25)5-2)19-8-13-22(30)14-9-19/h6-7,10-12,15-17,19H,4-5,8-9,13-14H2,1-3H3. The third-order valence-corrected chi connectivity index (χ3v) is 6.73. The summed E-state index contributed by atoms with van der Waals surface area (Å²) in [5, 5.41) is 0.936. The van der Waals surface area contributed by atoms with Gasteiger partial charge >= 0.3 is 0 Å². The molecular formula is C27H30N2O3. The Balaban J connectivity index is 1.76. The second-order valence-corrected chi connectivity index (χ2v) is 8.61. The Kier molecular flexibility index (Phi) is 6.26. The van der Waals surface area contributed by atoms with Gasteiger partial charge in [-0.3, -0.25) is 14.4 Å². The first kappa shape index (κ1) is 22.0. The molecule has 32 heavy (non-hydrogen) atoms. The molecule has 0 atom stereocenters. The molecule has 0 bridgehead atoms. The Morgan fingerprint density at radius 1 is 1.00 bits per heavy atom. The SMILES string of the molecule is CCc1ccc(N(C)C(=O)c2ccc3c(c2)c(C2CCC(=O)CC2)cc(=O)n3CC)cc1. The molecule has 1 aliphatic rings. The molecule has 5 heteroatoms. The van der Waals surface area contributed by atoms with Gasteiger partial charge in [0.15, 0.2) is 0 Å². The first-order valence-corrected chi connectivity index (χ1v) is 11.5. The average Bonchev–Trinajstić information content (AvgIpc) is 2.83. The highest BCUT2D eigenvalue weighted by Gasteiger charge is 2.24. The summed E-state index contributed by atoms with van der Waals surface area (Å²) in [5.41, 5.74) is 4.45. The maximum absolute atomic E-state index is 13.3. The van der Waals surface area contributed by atoms with Gasteiger partial charge in [-0.25, -0.2) is 0 Å². The molecule has 2 aromatic carbocycles. The maximum Gasteiger partial charge on any atom is 0.258 e. The summed E-state index contributed by atoms with van der Waals surface area (Å²) < 4.78 is 1.74. The van der Waals surface area contributed by atoms with E-state index in [4.69, 9.17) is 0 Å². The molecule has 4 rings (SSSR count). The second-order valence-electron chi connectivity index (χ2n) is 8.61. The number of hydrogen-bond acceptors (Lipinski definition) is 3. The first-order valence-electron chi connectivity index (χ1n) is 11.5. The molecule has 1 fully saturated rings. The summed E-state index contributed by atoms with van der Waals surface area (Å²) in [4.78, 5) is 39.5. The number of carbonyl (C=O) groups is 2. The van der Waals surface area contributed by atoms with E-state index in [0.717, 1.165) is 41.4 Å². The van der Waals surface area contributed by atoms with Crippen LogP contribution in [-0.2, 0) is 17.8 Å². The molecule has 0 N–H and O–H groups in total. The predicted molar refractivity (Wildman–Crippen MR) is 129 cm³/mol. The summed E-state index contributed by atoms with van der Waals surface area (Å²) in [6, 6.07) is 15.4. The molecule has 1 saturated carbocycles. The van der Waals surface area contributed by atoms with E-state index >= 15 is 0 Å². The Morgan fingerprint density at radius 2 is 1.69 bits per heavy atom. The van der Waals surface area contributed by atoms with E-state index in [1.165, 1.54) is 5.56 Å². The zero-order valence-corrected chi connectivity index (χ0v) is 19.1. The highest BCUT2D eigenvalue weighted by Crippen LogP contribution is 2.35. The largest absolute Gasteiger partial charge is 0.311 e. The van der Waals surface area contributed by atoms with Gasteiger partial charge in [-0.05, 0) is 73.6 Å². The van der Waals surface area contributed by atoms with E-state index in [0.29, 0.717) is 30.7 Å². The van der Waals surface area contributed by atoms with Crippen LogP contribution < -0.4 is 10.5 Å². The van der Waals surface area contributed by atoms with Gasteiger partial charge in [0.05, 0.1) is 5.52 Å². The Bertz CT molecular complexity index is 1210. The summed E-state index contributed by atoms with van der Waals surface area (Å²) >= 11 is 0. The minimum atomic E-state index is -0.0878. The van der Waals surface area contributed by atoms with Gasteiger partial charge in [0.1, 0.15) is 5.78 Å². The van der Waals surface area contributed by atoms with Gasteiger partial charge in [0.25, 0.3) is 11.5 Å². The summed E-state index contributed by atoms with van der Waals surface area (Å²) in [5.74, 6) is 0.369. The lowest BCUT2D eigenvalue weighted by Gasteiger charge is -2.24. The van der Waals surface area contributed by atoms with Crippen LogP contribution in [0.2, 0.25) is 0 Å². The molecule has 3 aromatic rings. The fourth-order valence-corrected chi connectivity index (χ4v) is 4.72. The number of anilines is 1. The van der Waals surface area contributed by atoms with Crippen molar-refractivity contribution in [1.29, 1.82) is 0 Å². The zero-order valence-electron chi connectivity index (χ0n) is 19.1. The van der Waals surface area contributed by atoms with Crippen molar-refractivity contribution in [2.45, 2.75) is 58.4 Å². The number of aryl methyl sites for hydroxylation is 2. The van der Waals surface area contributed by atoms with Crippen molar-refractivity contribution in [3.63, 3.8) is 0 Å². The number of ketones is 1. The van der Waals surface area contributed by atoms with Crippen LogP contribution in [0.1, 0.15) is 66.9 Å². The van der Waals surface area contributed by atoms with Crippen LogP contribution in [0.4, 0.5) is 5.69 Å². The number of carbonyl (C=O) groups excluding carboxylic acids is 2. The molecule has 0 spiro atoms. The first-order chi connectivity index (χ1) is 15.4. The van der Waals surface area contributed by atoms with Crippen molar-refractivity contribution in [3.05, 3.63) is 75.6 Å². The van der Waals surface area contributed by atoms with Crippen LogP contribution in [-0.4, -0.2) is 23.3 Å². The van der Waals surface area contributed by atoms with Gasteiger partial charge in [-0.1, -0.05) is 19.1 Å². The quantitative estimate of drug-likeness (QED) is 0.567. The molecule has 0 radical (unpaired) electrons. The van der Waals surface area contributed by atoms with Crippen LogP contribution in [0.5, 0.6) is 0 Å². The van der Waals surface area contributed by atoms with Crippen LogP contribution in [0.3, 0.4) is 0 Å². The fraction of sp³-hybridized carbons (Fsp3) is 0.370. The Hall–Kier alpha value is -3.21. The number of nitrogens with zero attached hydrogens (tertiary/aromatic N) is 2. The summed E-state index contributed by atoms with van der Waals surface area (Å²) in [6.07, 6.45) is 3.57. The normalized spacial score (nSPS) is 14.7. The molecule has 0 saturated heterocycles. The van der Waals surface area contributed by atoms with Gasteiger partial charge in [0, 0.05) is 49.1 Å². The van der Waals surface area contributed by atoms with Gasteiger partial charge in [-0.2, -0.15) is 0 Å². The summed E-state index contributed by atoms with van der Waals surface area (Å²) in [6.45, 7) is 4.62. The van der Waals surface area contributed by atoms with Gasteiger partial charge in [0.2, 0.25) is 0 Å². The molecule has 1 aromatic heterocycles. The zero-order chi connectivity index (χ0) is 22.8. The van der Waals surface area contributed by atoms with Crippen LogP contribution in [0.15, 0.2) is 53.3 Å². The molecule has 5 nitrogen and oxygen atoms in total. The number of fused-ring (bicyclic) bond motifs is 1. The van der Waals surface area contributed by atoms with E-state index in [2.05, 4.69) is 6.92 Å². The number of pyridine rings is 1. The number of amides is 1. The van der Waals surface area contributed by atoms with Gasteiger partial charge < -0.3 is 9.47 Å². The minimum Gasteiger partial charge on any atom is -0.311 e. The van der Waals surface area contributed by atoms with Crippen molar-refractivity contribution in [2.24, 2.45) is 0 Å².